The van der Waals surface area contributed by atoms with Crippen molar-refractivity contribution >= 4 is 35.0 Å². The van der Waals surface area contributed by atoms with Crippen LogP contribution in [0.2, 0.25) is 10.3 Å². The fraction of sp³-hybridized carbons (Fsp3) is 0.0556. The highest BCUT2D eigenvalue weighted by molar-refractivity contribution is 6.38. The second-order valence-electron chi connectivity index (χ2n) is 5.06. The molecular formula is C18H13Cl2N3O2. The highest BCUT2D eigenvalue weighted by Gasteiger charge is 2.16. The van der Waals surface area contributed by atoms with Gasteiger partial charge in [0.1, 0.15) is 12.3 Å². The average molecular weight is 374 g/mol. The van der Waals surface area contributed by atoms with Crippen LogP contribution in [0.3, 0.4) is 0 Å². The third-order valence-electron chi connectivity index (χ3n) is 3.29. The van der Waals surface area contributed by atoms with E-state index in [2.05, 4.69) is 15.3 Å². The van der Waals surface area contributed by atoms with E-state index >= 15 is 0 Å². The van der Waals surface area contributed by atoms with Crippen LogP contribution in [0, 0.1) is 0 Å². The summed E-state index contributed by atoms with van der Waals surface area (Å²) in [5.74, 6) is 0.374. The number of amides is 1. The molecule has 2 aromatic carbocycles. The molecule has 3 rings (SSSR count). The maximum atomic E-state index is 11.9. The summed E-state index contributed by atoms with van der Waals surface area (Å²) < 4.78 is 5.13. The molecule has 5 nitrogen and oxygen atoms in total. The van der Waals surface area contributed by atoms with E-state index in [-0.39, 0.29) is 22.6 Å². The quantitative estimate of drug-likeness (QED) is 0.638. The number of carbonyl (C=O) groups excluding carboxylic acids is 1. The number of benzene rings is 2. The molecule has 7 heteroatoms. The summed E-state index contributed by atoms with van der Waals surface area (Å²) in [6.07, 6.45) is -0.691. The first-order valence-electron chi connectivity index (χ1n) is 7.39. The Labute approximate surface area is 154 Å². The fourth-order valence-electron chi connectivity index (χ4n) is 2.09. The Bertz CT molecular complexity index is 851. The molecule has 0 fully saturated rings. The molecule has 0 radical (unpaired) electrons. The van der Waals surface area contributed by atoms with Gasteiger partial charge in [0.05, 0.1) is 0 Å². The lowest BCUT2D eigenvalue weighted by atomic mass is 10.2. The predicted octanol–water partition coefficient (Wildman–Crippen LogP) is 5.20. The molecule has 0 saturated carbocycles. The van der Waals surface area contributed by atoms with Gasteiger partial charge in [-0.2, -0.15) is 0 Å². The van der Waals surface area contributed by atoms with Gasteiger partial charge < -0.3 is 4.74 Å². The minimum Gasteiger partial charge on any atom is -0.444 e. The summed E-state index contributed by atoms with van der Waals surface area (Å²) in [7, 11) is 0. The van der Waals surface area contributed by atoms with Gasteiger partial charge in [-0.25, -0.2) is 14.8 Å². The molecule has 0 saturated heterocycles. The van der Waals surface area contributed by atoms with E-state index in [9.17, 15) is 4.79 Å². The molecule has 1 N–H and O–H groups in total. The maximum absolute atomic E-state index is 11.9. The number of anilines is 1. The molecular weight excluding hydrogens is 361 g/mol. The average Bonchev–Trinajstić information content (AvgIpc) is 2.64. The zero-order valence-electron chi connectivity index (χ0n) is 12.9. The summed E-state index contributed by atoms with van der Waals surface area (Å²) in [4.78, 5) is 20.3. The minimum absolute atomic E-state index is 0.0375. The van der Waals surface area contributed by atoms with E-state index in [0.717, 1.165) is 11.1 Å². The third-order valence-corrected chi connectivity index (χ3v) is 3.84. The van der Waals surface area contributed by atoms with Gasteiger partial charge in [0.15, 0.2) is 16.1 Å². The smallest absolute Gasteiger partial charge is 0.412 e. The predicted molar refractivity (Wildman–Crippen MR) is 97.7 cm³/mol. The van der Waals surface area contributed by atoms with E-state index in [1.165, 1.54) is 0 Å². The van der Waals surface area contributed by atoms with Gasteiger partial charge in [-0.1, -0.05) is 83.9 Å². The molecule has 1 aromatic heterocycles. The second-order valence-corrected chi connectivity index (χ2v) is 5.77. The van der Waals surface area contributed by atoms with Crippen molar-refractivity contribution < 1.29 is 9.53 Å². The molecule has 3 aromatic rings. The molecule has 25 heavy (non-hydrogen) atoms. The van der Waals surface area contributed by atoms with E-state index < -0.39 is 6.09 Å². The fourth-order valence-corrected chi connectivity index (χ4v) is 2.57. The SMILES string of the molecule is O=C(Nc1c(Cl)nc(-c2ccccc2)nc1Cl)OCc1ccccc1. The minimum atomic E-state index is -0.691. The topological polar surface area (TPSA) is 64.1 Å². The normalized spacial score (nSPS) is 10.3. The van der Waals surface area contributed by atoms with Gasteiger partial charge in [-0.15, -0.1) is 0 Å². The van der Waals surface area contributed by atoms with Crippen LogP contribution in [0.5, 0.6) is 0 Å². The molecule has 0 unspecified atom stereocenters. The first-order valence-corrected chi connectivity index (χ1v) is 8.15. The molecule has 1 amide bonds. The monoisotopic (exact) mass is 373 g/mol. The lowest BCUT2D eigenvalue weighted by Gasteiger charge is -2.10. The Morgan fingerprint density at radius 1 is 0.920 bits per heavy atom. The van der Waals surface area contributed by atoms with Crippen LogP contribution < -0.4 is 5.32 Å². The second kappa shape index (κ2) is 7.96. The third kappa shape index (κ3) is 4.47. The molecule has 0 aliphatic heterocycles. The number of carbonyl (C=O) groups is 1. The molecule has 1 heterocycles. The maximum Gasteiger partial charge on any atom is 0.412 e. The van der Waals surface area contributed by atoms with Crippen molar-refractivity contribution in [3.63, 3.8) is 0 Å². The Morgan fingerprint density at radius 3 is 2.08 bits per heavy atom. The molecule has 0 aliphatic rings. The molecule has 0 bridgehead atoms. The summed E-state index contributed by atoms with van der Waals surface area (Å²) in [6, 6.07) is 18.6. The van der Waals surface area contributed by atoms with Crippen LogP contribution in [0.1, 0.15) is 5.56 Å². The number of hydrogen-bond acceptors (Lipinski definition) is 4. The van der Waals surface area contributed by atoms with Gasteiger partial charge in [0.25, 0.3) is 0 Å². The number of halogens is 2. The molecule has 0 aliphatic carbocycles. The van der Waals surface area contributed by atoms with Crippen molar-refractivity contribution in [1.29, 1.82) is 0 Å². The number of nitrogens with zero attached hydrogens (tertiary/aromatic N) is 2. The lowest BCUT2D eigenvalue weighted by molar-refractivity contribution is 0.155. The summed E-state index contributed by atoms with van der Waals surface area (Å²) >= 11 is 12.3. The largest absolute Gasteiger partial charge is 0.444 e. The lowest BCUT2D eigenvalue weighted by Crippen LogP contribution is -2.15. The standard InChI is InChI=1S/C18H13Cl2N3O2/c19-15-14(21-18(24)25-11-12-7-3-1-4-8-12)16(20)23-17(22-15)13-9-5-2-6-10-13/h1-10H,11H2,(H,21,24). The summed E-state index contributed by atoms with van der Waals surface area (Å²) in [6.45, 7) is 0.130. The van der Waals surface area contributed by atoms with E-state index in [0.29, 0.717) is 5.82 Å². The Kier molecular flexibility index (Phi) is 5.48. The van der Waals surface area contributed by atoms with E-state index in [1.54, 1.807) is 0 Å². The van der Waals surface area contributed by atoms with Crippen LogP contribution in [-0.4, -0.2) is 16.1 Å². The number of hydrogen-bond donors (Lipinski definition) is 1. The van der Waals surface area contributed by atoms with Gasteiger partial charge in [0, 0.05) is 5.56 Å². The Hall–Kier alpha value is -2.63. The Balaban J connectivity index is 1.71. The molecule has 0 spiro atoms. The van der Waals surface area contributed by atoms with Crippen molar-refractivity contribution in [3.8, 4) is 11.4 Å². The first-order chi connectivity index (χ1) is 12.1. The number of rotatable bonds is 4. The van der Waals surface area contributed by atoms with E-state index in [1.807, 2.05) is 60.7 Å². The first kappa shape index (κ1) is 17.2. The van der Waals surface area contributed by atoms with Crippen LogP contribution in [-0.2, 0) is 11.3 Å². The van der Waals surface area contributed by atoms with Crippen molar-refractivity contribution in [2.75, 3.05) is 5.32 Å². The van der Waals surface area contributed by atoms with Crippen molar-refractivity contribution in [1.82, 2.24) is 9.97 Å². The van der Waals surface area contributed by atoms with Crippen molar-refractivity contribution in [3.05, 3.63) is 76.5 Å². The summed E-state index contributed by atoms with van der Waals surface area (Å²) in [5.41, 5.74) is 1.75. The van der Waals surface area contributed by atoms with Crippen LogP contribution in [0.25, 0.3) is 11.4 Å². The van der Waals surface area contributed by atoms with Crippen LogP contribution >= 0.6 is 23.2 Å². The number of ether oxygens (including phenoxy) is 1. The van der Waals surface area contributed by atoms with Gasteiger partial charge in [0.2, 0.25) is 0 Å². The van der Waals surface area contributed by atoms with Crippen LogP contribution in [0.4, 0.5) is 10.5 Å². The van der Waals surface area contributed by atoms with Crippen molar-refractivity contribution in [2.45, 2.75) is 6.61 Å². The number of nitrogens with one attached hydrogen (secondary N) is 1. The zero-order valence-corrected chi connectivity index (χ0v) is 14.5. The van der Waals surface area contributed by atoms with Gasteiger partial charge >= 0.3 is 6.09 Å². The highest BCUT2D eigenvalue weighted by atomic mass is 35.5. The highest BCUT2D eigenvalue weighted by Crippen LogP contribution is 2.30. The summed E-state index contributed by atoms with van der Waals surface area (Å²) in [5, 5.41) is 2.55. The van der Waals surface area contributed by atoms with Crippen LogP contribution in [0.15, 0.2) is 60.7 Å². The molecule has 0 atom stereocenters. The van der Waals surface area contributed by atoms with Crippen molar-refractivity contribution in [2.24, 2.45) is 0 Å². The van der Waals surface area contributed by atoms with Gasteiger partial charge in [-0.05, 0) is 5.56 Å². The number of aromatic nitrogens is 2. The zero-order chi connectivity index (χ0) is 17.6. The molecule has 126 valence electrons. The van der Waals surface area contributed by atoms with E-state index in [4.69, 9.17) is 27.9 Å². The van der Waals surface area contributed by atoms with Gasteiger partial charge in [-0.3, -0.25) is 5.32 Å². The Morgan fingerprint density at radius 2 is 1.48 bits per heavy atom.